The molecular weight excluding hydrogens is 412 g/mol. The molecule has 152 valence electrons. The number of hydrogen-bond acceptors (Lipinski definition) is 4. The van der Waals surface area contributed by atoms with Crippen molar-refractivity contribution in [2.24, 2.45) is 0 Å². The minimum atomic E-state index is -4.10. The summed E-state index contributed by atoms with van der Waals surface area (Å²) in [5.74, 6) is -2.21. The first-order chi connectivity index (χ1) is 12.7. The molecule has 0 atom stereocenters. The fraction of sp³-hybridized carbons (Fsp3) is 0.278. The zero-order chi connectivity index (χ0) is 19.8. The van der Waals surface area contributed by atoms with Gasteiger partial charge in [0.1, 0.15) is 16.5 Å². The number of rotatable bonds is 3. The molecule has 0 bridgehead atoms. The second kappa shape index (κ2) is 8.42. The Morgan fingerprint density at radius 2 is 1.68 bits per heavy atom. The maximum absolute atomic E-state index is 13.9. The lowest BCUT2D eigenvalue weighted by Crippen LogP contribution is -2.50. The number of nitrogen functional groups attached to an aromatic ring is 1. The number of halogens is 3. The summed E-state index contributed by atoms with van der Waals surface area (Å²) in [6.45, 7) is 2.16. The second-order valence-electron chi connectivity index (χ2n) is 6.35. The Bertz CT molecular complexity index is 994. The van der Waals surface area contributed by atoms with E-state index in [-0.39, 0.29) is 44.5 Å². The largest absolute Gasteiger partial charge is 0.399 e. The van der Waals surface area contributed by atoms with Crippen LogP contribution in [-0.2, 0) is 10.0 Å². The minimum Gasteiger partial charge on any atom is -0.399 e. The van der Waals surface area contributed by atoms with Crippen molar-refractivity contribution in [2.45, 2.75) is 11.8 Å². The van der Waals surface area contributed by atoms with Gasteiger partial charge >= 0.3 is 0 Å². The van der Waals surface area contributed by atoms with E-state index in [0.717, 1.165) is 22.0 Å². The summed E-state index contributed by atoms with van der Waals surface area (Å²) in [5, 5.41) is 0. The van der Waals surface area contributed by atoms with Crippen LogP contribution in [0.1, 0.15) is 15.9 Å². The van der Waals surface area contributed by atoms with Gasteiger partial charge in [-0.25, -0.2) is 17.2 Å². The second-order valence-corrected chi connectivity index (χ2v) is 8.25. The molecular formula is C18H20ClF2N3O3S. The Labute approximate surface area is 168 Å². The predicted octanol–water partition coefficient (Wildman–Crippen LogP) is 2.42. The van der Waals surface area contributed by atoms with Gasteiger partial charge in [0.2, 0.25) is 10.0 Å². The quantitative estimate of drug-likeness (QED) is 0.756. The highest BCUT2D eigenvalue weighted by Crippen LogP contribution is 2.22. The lowest BCUT2D eigenvalue weighted by molar-refractivity contribution is 0.0697. The Morgan fingerprint density at radius 3 is 2.29 bits per heavy atom. The molecule has 1 saturated heterocycles. The summed E-state index contributed by atoms with van der Waals surface area (Å²) >= 11 is 0. The number of anilines is 1. The van der Waals surface area contributed by atoms with Crippen LogP contribution in [0.4, 0.5) is 14.5 Å². The zero-order valence-electron chi connectivity index (χ0n) is 15.1. The summed E-state index contributed by atoms with van der Waals surface area (Å²) in [7, 11) is -4.10. The van der Waals surface area contributed by atoms with E-state index in [4.69, 9.17) is 5.73 Å². The molecule has 10 heteroatoms. The van der Waals surface area contributed by atoms with E-state index in [9.17, 15) is 22.0 Å². The molecule has 0 radical (unpaired) electrons. The smallest absolute Gasteiger partial charge is 0.254 e. The number of aryl methyl sites for hydroxylation is 1. The van der Waals surface area contributed by atoms with Crippen LogP contribution >= 0.6 is 12.4 Å². The fourth-order valence-corrected chi connectivity index (χ4v) is 4.46. The molecule has 0 saturated carbocycles. The molecule has 1 amide bonds. The highest BCUT2D eigenvalue weighted by atomic mass is 35.5. The van der Waals surface area contributed by atoms with E-state index in [1.54, 1.807) is 25.1 Å². The average molecular weight is 432 g/mol. The molecule has 0 spiro atoms. The first kappa shape index (κ1) is 22.1. The van der Waals surface area contributed by atoms with Crippen molar-refractivity contribution in [3.63, 3.8) is 0 Å². The molecule has 0 aliphatic carbocycles. The third-order valence-electron chi connectivity index (χ3n) is 4.53. The fourth-order valence-electron chi connectivity index (χ4n) is 3.00. The molecule has 2 aromatic carbocycles. The number of carbonyl (C=O) groups is 1. The zero-order valence-corrected chi connectivity index (χ0v) is 16.7. The van der Waals surface area contributed by atoms with Crippen LogP contribution in [0.25, 0.3) is 0 Å². The number of hydrogen-bond donors (Lipinski definition) is 1. The summed E-state index contributed by atoms with van der Waals surface area (Å²) in [6, 6.07) is 7.39. The highest BCUT2D eigenvalue weighted by Gasteiger charge is 2.32. The maximum atomic E-state index is 13.9. The SMILES string of the molecule is Cc1ccc(N)cc1C(=O)N1CCN(S(=O)(=O)c2ccc(F)cc2F)CC1.Cl. The number of carbonyl (C=O) groups excluding carboxylic acids is 1. The number of amides is 1. The van der Waals surface area contributed by atoms with Gasteiger partial charge in [-0.1, -0.05) is 6.07 Å². The van der Waals surface area contributed by atoms with Gasteiger partial charge in [-0.2, -0.15) is 4.31 Å². The van der Waals surface area contributed by atoms with Gasteiger partial charge in [-0.05, 0) is 36.8 Å². The van der Waals surface area contributed by atoms with E-state index in [2.05, 4.69) is 0 Å². The van der Waals surface area contributed by atoms with Crippen molar-refractivity contribution in [1.82, 2.24) is 9.21 Å². The summed E-state index contributed by atoms with van der Waals surface area (Å²) < 4.78 is 53.2. The van der Waals surface area contributed by atoms with Crippen molar-refractivity contribution in [1.29, 1.82) is 0 Å². The van der Waals surface area contributed by atoms with E-state index >= 15 is 0 Å². The topological polar surface area (TPSA) is 83.7 Å². The number of piperazine rings is 1. The van der Waals surface area contributed by atoms with Crippen molar-refractivity contribution >= 4 is 34.0 Å². The van der Waals surface area contributed by atoms with Crippen molar-refractivity contribution in [2.75, 3.05) is 31.9 Å². The van der Waals surface area contributed by atoms with Gasteiger partial charge < -0.3 is 10.6 Å². The lowest BCUT2D eigenvalue weighted by atomic mass is 10.1. The van der Waals surface area contributed by atoms with Gasteiger partial charge in [0.05, 0.1) is 0 Å². The number of benzene rings is 2. The molecule has 0 unspecified atom stereocenters. The van der Waals surface area contributed by atoms with Gasteiger partial charge in [-0.15, -0.1) is 12.4 Å². The monoisotopic (exact) mass is 431 g/mol. The first-order valence-corrected chi connectivity index (χ1v) is 9.75. The van der Waals surface area contributed by atoms with Crippen LogP contribution in [0.3, 0.4) is 0 Å². The summed E-state index contributed by atoms with van der Waals surface area (Å²) in [6.07, 6.45) is 0. The average Bonchev–Trinajstić information content (AvgIpc) is 2.63. The van der Waals surface area contributed by atoms with Gasteiger partial charge in [-0.3, -0.25) is 4.79 Å². The van der Waals surface area contributed by atoms with Crippen LogP contribution in [0.15, 0.2) is 41.3 Å². The molecule has 1 aliphatic rings. The highest BCUT2D eigenvalue weighted by molar-refractivity contribution is 7.89. The van der Waals surface area contributed by atoms with Crippen molar-refractivity contribution in [3.8, 4) is 0 Å². The molecule has 1 aliphatic heterocycles. The van der Waals surface area contributed by atoms with Crippen LogP contribution in [0.5, 0.6) is 0 Å². The third kappa shape index (κ3) is 4.26. The molecule has 2 aromatic rings. The molecule has 6 nitrogen and oxygen atoms in total. The lowest BCUT2D eigenvalue weighted by Gasteiger charge is -2.34. The van der Waals surface area contributed by atoms with E-state index in [1.807, 2.05) is 0 Å². The molecule has 0 aromatic heterocycles. The van der Waals surface area contributed by atoms with E-state index in [1.165, 1.54) is 4.90 Å². The van der Waals surface area contributed by atoms with Crippen LogP contribution < -0.4 is 5.73 Å². The first-order valence-electron chi connectivity index (χ1n) is 8.31. The Kier molecular flexibility index (Phi) is 6.63. The molecule has 2 N–H and O–H groups in total. The third-order valence-corrected chi connectivity index (χ3v) is 6.46. The summed E-state index contributed by atoms with van der Waals surface area (Å²) in [5.41, 5.74) is 7.46. The predicted molar refractivity (Wildman–Crippen MR) is 104 cm³/mol. The van der Waals surface area contributed by atoms with Gasteiger partial charge in [0.15, 0.2) is 0 Å². The Hall–Kier alpha value is -2.23. The summed E-state index contributed by atoms with van der Waals surface area (Å²) in [4.78, 5) is 13.7. The molecule has 1 heterocycles. The van der Waals surface area contributed by atoms with Gasteiger partial charge in [0.25, 0.3) is 5.91 Å². The standard InChI is InChI=1S/C18H19F2N3O3S.ClH/c1-12-2-4-14(21)11-15(12)18(24)22-6-8-23(9-7-22)27(25,26)17-5-3-13(19)10-16(17)20;/h2-5,10-11H,6-9,21H2,1H3;1H. The maximum Gasteiger partial charge on any atom is 0.254 e. The molecule has 28 heavy (non-hydrogen) atoms. The molecule has 3 rings (SSSR count). The molecule has 1 fully saturated rings. The van der Waals surface area contributed by atoms with E-state index in [0.29, 0.717) is 17.3 Å². The normalized spacial score (nSPS) is 15.2. The van der Waals surface area contributed by atoms with Crippen molar-refractivity contribution in [3.05, 3.63) is 59.2 Å². The number of nitrogens with two attached hydrogens (primary N) is 1. The van der Waals surface area contributed by atoms with Crippen LogP contribution in [0.2, 0.25) is 0 Å². The number of nitrogens with zero attached hydrogens (tertiary/aromatic N) is 2. The van der Waals surface area contributed by atoms with Gasteiger partial charge in [0, 0.05) is 43.5 Å². The Balaban J connectivity index is 0.00000280. The van der Waals surface area contributed by atoms with E-state index < -0.39 is 26.6 Å². The Morgan fingerprint density at radius 1 is 1.04 bits per heavy atom. The minimum absolute atomic E-state index is 0. The number of sulfonamides is 1. The van der Waals surface area contributed by atoms with Crippen LogP contribution in [0, 0.1) is 18.6 Å². The van der Waals surface area contributed by atoms with Crippen LogP contribution in [-0.4, -0.2) is 49.7 Å². The van der Waals surface area contributed by atoms with Crippen molar-refractivity contribution < 1.29 is 22.0 Å².